The molecule has 1 saturated heterocycles. The smallest absolute Gasteiger partial charge is 0.364 e. The molecule has 1 aromatic carbocycles. The molecule has 1 fully saturated rings. The van der Waals surface area contributed by atoms with Gasteiger partial charge in [-0.1, -0.05) is 30.3 Å². The molecular weight excluding hydrogens is 319 g/mol. The van der Waals surface area contributed by atoms with Gasteiger partial charge in [0.1, 0.15) is 11.5 Å². The van der Waals surface area contributed by atoms with Gasteiger partial charge >= 0.3 is 6.18 Å². The van der Waals surface area contributed by atoms with Gasteiger partial charge in [-0.15, -0.1) is 0 Å². The third-order valence-corrected chi connectivity index (χ3v) is 4.46. The lowest BCUT2D eigenvalue weighted by molar-refractivity contribution is -0.137. The van der Waals surface area contributed by atoms with Gasteiger partial charge in [-0.25, -0.2) is 0 Å². The van der Waals surface area contributed by atoms with Gasteiger partial charge in [0.2, 0.25) is 0 Å². The third kappa shape index (κ3) is 3.25. The topological polar surface area (TPSA) is 62.1 Å². The number of piperidine rings is 1. The van der Waals surface area contributed by atoms with Crippen molar-refractivity contribution in [2.24, 2.45) is 5.73 Å². The monoisotopic (exact) mass is 337 g/mol. The number of alkyl halides is 3. The number of H-pyrrole nitrogens is 1. The fourth-order valence-corrected chi connectivity index (χ4v) is 3.21. The van der Waals surface area contributed by atoms with E-state index in [9.17, 15) is 18.0 Å². The number of primary amides is 1. The highest BCUT2D eigenvalue weighted by Crippen LogP contribution is 2.36. The fourth-order valence-electron chi connectivity index (χ4n) is 3.21. The van der Waals surface area contributed by atoms with E-state index in [1.54, 1.807) is 0 Å². The molecule has 1 aliphatic heterocycles. The molecule has 1 aliphatic rings. The number of aromatic nitrogens is 1. The Morgan fingerprint density at radius 1 is 1.17 bits per heavy atom. The minimum atomic E-state index is -4.61. The van der Waals surface area contributed by atoms with E-state index in [1.165, 1.54) is 5.56 Å². The quantitative estimate of drug-likeness (QED) is 0.900. The molecule has 0 bridgehead atoms. The van der Waals surface area contributed by atoms with E-state index >= 15 is 0 Å². The number of anilines is 1. The van der Waals surface area contributed by atoms with Gasteiger partial charge in [-0.05, 0) is 30.4 Å². The van der Waals surface area contributed by atoms with Crippen LogP contribution in [0.15, 0.2) is 36.4 Å². The first-order chi connectivity index (χ1) is 11.4. The van der Waals surface area contributed by atoms with Crippen LogP contribution in [0.4, 0.5) is 19.0 Å². The van der Waals surface area contributed by atoms with Crippen LogP contribution in [-0.2, 0) is 6.18 Å². The second kappa shape index (κ2) is 6.22. The van der Waals surface area contributed by atoms with E-state index in [-0.39, 0.29) is 0 Å². The lowest BCUT2D eigenvalue weighted by Crippen LogP contribution is -2.33. The maximum atomic E-state index is 13.0. The molecule has 2 aromatic rings. The normalized spacial score (nSPS) is 16.4. The van der Waals surface area contributed by atoms with Crippen molar-refractivity contribution in [1.29, 1.82) is 0 Å². The molecule has 1 amide bonds. The van der Waals surface area contributed by atoms with E-state index in [0.717, 1.165) is 18.9 Å². The second-order valence-electron chi connectivity index (χ2n) is 5.98. The molecule has 0 aliphatic carbocycles. The third-order valence-electron chi connectivity index (χ3n) is 4.46. The first-order valence-electron chi connectivity index (χ1n) is 7.76. The van der Waals surface area contributed by atoms with Gasteiger partial charge in [-0.2, -0.15) is 13.2 Å². The summed E-state index contributed by atoms with van der Waals surface area (Å²) in [5.41, 5.74) is 4.73. The van der Waals surface area contributed by atoms with E-state index < -0.39 is 23.3 Å². The molecule has 2 heterocycles. The molecule has 7 heteroatoms. The van der Waals surface area contributed by atoms with Crippen molar-refractivity contribution in [3.05, 3.63) is 53.2 Å². The lowest BCUT2D eigenvalue weighted by atomic mass is 9.89. The Hall–Kier alpha value is -2.44. The van der Waals surface area contributed by atoms with Crippen LogP contribution in [0.2, 0.25) is 0 Å². The maximum absolute atomic E-state index is 13.0. The van der Waals surface area contributed by atoms with Crippen molar-refractivity contribution >= 4 is 11.7 Å². The zero-order valence-corrected chi connectivity index (χ0v) is 12.9. The first kappa shape index (κ1) is 16.4. The van der Waals surface area contributed by atoms with Gasteiger partial charge in [0, 0.05) is 13.1 Å². The van der Waals surface area contributed by atoms with Crippen LogP contribution in [0.5, 0.6) is 0 Å². The molecule has 128 valence electrons. The Labute approximate surface area is 137 Å². The number of nitrogens with one attached hydrogen (secondary N) is 1. The number of aromatic amines is 1. The van der Waals surface area contributed by atoms with Crippen LogP contribution in [0, 0.1) is 0 Å². The molecule has 24 heavy (non-hydrogen) atoms. The summed E-state index contributed by atoms with van der Waals surface area (Å²) < 4.78 is 39.1. The molecule has 0 saturated carbocycles. The van der Waals surface area contributed by atoms with Crippen molar-refractivity contribution in [2.45, 2.75) is 24.9 Å². The van der Waals surface area contributed by atoms with Gasteiger partial charge in [0.15, 0.2) is 0 Å². The summed E-state index contributed by atoms with van der Waals surface area (Å²) in [5.74, 6) is -0.412. The number of halogens is 3. The van der Waals surface area contributed by atoms with Crippen LogP contribution < -0.4 is 10.6 Å². The highest BCUT2D eigenvalue weighted by atomic mass is 19.4. The van der Waals surface area contributed by atoms with Crippen molar-refractivity contribution in [3.8, 4) is 0 Å². The number of hydrogen-bond donors (Lipinski definition) is 2. The van der Waals surface area contributed by atoms with Crippen LogP contribution in [0.25, 0.3) is 0 Å². The van der Waals surface area contributed by atoms with Crippen LogP contribution in [0.1, 0.15) is 40.4 Å². The highest BCUT2D eigenvalue weighted by molar-refractivity contribution is 5.93. The molecular formula is C17H18F3N3O. The average Bonchev–Trinajstić information content (AvgIpc) is 3.02. The van der Waals surface area contributed by atoms with Crippen molar-refractivity contribution in [2.75, 3.05) is 18.0 Å². The number of carbonyl (C=O) groups is 1. The van der Waals surface area contributed by atoms with E-state index in [2.05, 4.69) is 17.1 Å². The predicted molar refractivity (Wildman–Crippen MR) is 84.9 cm³/mol. The van der Waals surface area contributed by atoms with Crippen molar-refractivity contribution in [1.82, 2.24) is 4.98 Å². The van der Waals surface area contributed by atoms with Crippen molar-refractivity contribution < 1.29 is 18.0 Å². The lowest BCUT2D eigenvalue weighted by Gasteiger charge is -2.32. The second-order valence-corrected chi connectivity index (χ2v) is 5.98. The van der Waals surface area contributed by atoms with Crippen LogP contribution in [-0.4, -0.2) is 24.0 Å². The summed E-state index contributed by atoms with van der Waals surface area (Å²) in [6, 6.07) is 11.1. The van der Waals surface area contributed by atoms with E-state index in [0.29, 0.717) is 24.8 Å². The Bertz CT molecular complexity index is 716. The van der Waals surface area contributed by atoms with Crippen LogP contribution in [0.3, 0.4) is 0 Å². The summed E-state index contributed by atoms with van der Waals surface area (Å²) in [4.78, 5) is 15.7. The number of benzene rings is 1. The molecule has 3 N–H and O–H groups in total. The number of rotatable bonds is 3. The molecule has 0 spiro atoms. The Morgan fingerprint density at radius 3 is 2.29 bits per heavy atom. The van der Waals surface area contributed by atoms with Gasteiger partial charge in [-0.3, -0.25) is 4.79 Å². The average molecular weight is 337 g/mol. The molecule has 4 nitrogen and oxygen atoms in total. The number of carbonyl (C=O) groups excluding carboxylic acids is 1. The highest BCUT2D eigenvalue weighted by Gasteiger charge is 2.37. The maximum Gasteiger partial charge on any atom is 0.418 e. The molecule has 3 rings (SSSR count). The van der Waals surface area contributed by atoms with Gasteiger partial charge in [0.05, 0.1) is 5.56 Å². The van der Waals surface area contributed by atoms with Gasteiger partial charge in [0.25, 0.3) is 5.91 Å². The number of hydrogen-bond acceptors (Lipinski definition) is 2. The summed E-state index contributed by atoms with van der Waals surface area (Å²) in [6.45, 7) is 1.24. The largest absolute Gasteiger partial charge is 0.418 e. The summed E-state index contributed by atoms with van der Waals surface area (Å²) in [7, 11) is 0. The predicted octanol–water partition coefficient (Wildman–Crippen LogP) is 3.52. The zero-order valence-electron chi connectivity index (χ0n) is 12.9. The molecule has 0 unspecified atom stereocenters. The molecule has 0 atom stereocenters. The standard InChI is InChI=1S/C17H18F3N3O/c18-17(19,20)13-10-14(22-15(13)16(21)24)23-8-6-12(7-9-23)11-4-2-1-3-5-11/h1-5,10,12,22H,6-9H2,(H2,21,24). The van der Waals surface area contributed by atoms with Crippen LogP contribution >= 0.6 is 0 Å². The number of nitrogens with two attached hydrogens (primary N) is 1. The van der Waals surface area contributed by atoms with E-state index in [1.807, 2.05) is 23.1 Å². The van der Waals surface area contributed by atoms with E-state index in [4.69, 9.17) is 5.73 Å². The Morgan fingerprint density at radius 2 is 1.79 bits per heavy atom. The van der Waals surface area contributed by atoms with Gasteiger partial charge < -0.3 is 15.6 Å². The number of amides is 1. The molecule has 0 radical (unpaired) electrons. The molecule has 1 aromatic heterocycles. The zero-order chi connectivity index (χ0) is 17.3. The Kier molecular flexibility index (Phi) is 4.26. The first-order valence-corrected chi connectivity index (χ1v) is 7.76. The minimum Gasteiger partial charge on any atom is -0.364 e. The fraction of sp³-hybridized carbons (Fsp3) is 0.353. The number of nitrogens with zero attached hydrogens (tertiary/aromatic N) is 1. The summed E-state index contributed by atoms with van der Waals surface area (Å²) in [6.07, 6.45) is -2.92. The summed E-state index contributed by atoms with van der Waals surface area (Å²) >= 11 is 0. The minimum absolute atomic E-state index is 0.294. The summed E-state index contributed by atoms with van der Waals surface area (Å²) in [5, 5.41) is 0. The SMILES string of the molecule is NC(=O)c1[nH]c(N2CCC(c3ccccc3)CC2)cc1C(F)(F)F. The van der Waals surface area contributed by atoms with Crippen molar-refractivity contribution in [3.63, 3.8) is 0 Å². The Balaban J connectivity index is 1.76.